The van der Waals surface area contributed by atoms with E-state index in [-0.39, 0.29) is 0 Å². The molecule has 0 spiro atoms. The van der Waals surface area contributed by atoms with Gasteiger partial charge in [0.25, 0.3) is 0 Å². The Balaban J connectivity index is 2.05. The van der Waals surface area contributed by atoms with Gasteiger partial charge in [-0.05, 0) is 29.8 Å². The zero-order valence-corrected chi connectivity index (χ0v) is 13.1. The number of halogens is 1. The van der Waals surface area contributed by atoms with Crippen LogP contribution in [0.3, 0.4) is 0 Å². The Morgan fingerprint density at radius 3 is 2.70 bits per heavy atom. The van der Waals surface area contributed by atoms with Crippen molar-refractivity contribution < 1.29 is 0 Å². The monoisotopic (exact) mass is 322 g/mol. The average Bonchev–Trinajstić information content (AvgIpc) is 2.54. The van der Waals surface area contributed by atoms with Gasteiger partial charge in [-0.2, -0.15) is 0 Å². The summed E-state index contributed by atoms with van der Waals surface area (Å²) >= 11 is 6.38. The molecule has 0 radical (unpaired) electrons. The highest BCUT2D eigenvalue weighted by molar-refractivity contribution is 6.35. The number of pyridine rings is 2. The fraction of sp³-hybridized carbons (Fsp3) is 0. The Hall–Kier alpha value is -2.85. The lowest BCUT2D eigenvalue weighted by Crippen LogP contribution is -2.07. The Labute approximate surface area is 139 Å². The van der Waals surface area contributed by atoms with Crippen LogP contribution in [0.2, 0.25) is 5.02 Å². The fourth-order valence-corrected chi connectivity index (χ4v) is 2.52. The highest BCUT2D eigenvalue weighted by Crippen LogP contribution is 2.29. The molecule has 0 bridgehead atoms. The second-order valence-electron chi connectivity index (χ2n) is 5.05. The third-order valence-electron chi connectivity index (χ3n) is 3.37. The molecule has 114 valence electrons. The van der Waals surface area contributed by atoms with Crippen LogP contribution in [0.4, 0.5) is 5.82 Å². The number of nitrogens with one attached hydrogen (secondary N) is 1. The van der Waals surface area contributed by atoms with Gasteiger partial charge >= 0.3 is 0 Å². The molecule has 0 saturated heterocycles. The first-order valence-electron chi connectivity index (χ1n) is 6.97. The highest BCUT2D eigenvalue weighted by atomic mass is 35.5. The van der Waals surface area contributed by atoms with Crippen LogP contribution in [0.25, 0.3) is 28.2 Å². The predicted octanol–water partition coefficient (Wildman–Crippen LogP) is 4.44. The average molecular weight is 323 g/mol. The molecule has 23 heavy (non-hydrogen) atoms. The summed E-state index contributed by atoms with van der Waals surface area (Å²) in [6.07, 6.45) is 3.50. The molecule has 4 nitrogen and oxygen atoms in total. The summed E-state index contributed by atoms with van der Waals surface area (Å²) in [4.78, 5) is 8.96. The van der Waals surface area contributed by atoms with Gasteiger partial charge in [0.15, 0.2) is 0 Å². The molecule has 0 atom stereocenters. The van der Waals surface area contributed by atoms with E-state index in [1.807, 2.05) is 36.4 Å². The molecular weight excluding hydrogens is 308 g/mol. The van der Waals surface area contributed by atoms with Crippen LogP contribution in [0, 0.1) is 0 Å². The lowest BCUT2D eigenvalue weighted by molar-refractivity contribution is 1.23. The van der Waals surface area contributed by atoms with Gasteiger partial charge in [-0.25, -0.2) is 9.97 Å². The molecule has 0 amide bonds. The number of hydrogen-bond donors (Lipinski definition) is 2. The Morgan fingerprint density at radius 1 is 1.22 bits per heavy atom. The number of anilines is 1. The van der Waals surface area contributed by atoms with Crippen molar-refractivity contribution in [2.24, 2.45) is 5.73 Å². The van der Waals surface area contributed by atoms with E-state index in [0.717, 1.165) is 27.7 Å². The zero-order chi connectivity index (χ0) is 16.4. The molecular formula is C18H15ClN4. The van der Waals surface area contributed by atoms with Crippen LogP contribution >= 0.6 is 11.6 Å². The minimum Gasteiger partial charge on any atom is -0.386 e. The van der Waals surface area contributed by atoms with Crippen LogP contribution in [-0.2, 0) is 0 Å². The number of hydrogen-bond acceptors (Lipinski definition) is 4. The summed E-state index contributed by atoms with van der Waals surface area (Å²) in [6, 6.07) is 11.4. The van der Waals surface area contributed by atoms with Crippen LogP contribution in [0.15, 0.2) is 61.6 Å². The second-order valence-corrected chi connectivity index (χ2v) is 5.46. The van der Waals surface area contributed by atoms with Crippen molar-refractivity contribution in [3.63, 3.8) is 0 Å². The van der Waals surface area contributed by atoms with Crippen LogP contribution in [-0.4, -0.2) is 9.97 Å². The Bertz CT molecular complexity index is 901. The van der Waals surface area contributed by atoms with E-state index < -0.39 is 0 Å². The van der Waals surface area contributed by atoms with Gasteiger partial charge in [0.1, 0.15) is 5.82 Å². The summed E-state index contributed by atoms with van der Waals surface area (Å²) < 4.78 is 0. The summed E-state index contributed by atoms with van der Waals surface area (Å²) in [5.41, 5.74) is 8.94. The standard InChI is InChI=1S/C18H15ClN4/c1-3-12-4-6-14-15(19)9-16(23-17(14)8-12)13-5-7-18(21-10-13)22-11(2)20/h3-10H,1-2,20H2,(H,21,22). The molecule has 0 unspecified atom stereocenters. The first-order chi connectivity index (χ1) is 11.1. The van der Waals surface area contributed by atoms with E-state index in [9.17, 15) is 0 Å². The first kappa shape index (κ1) is 15.1. The molecule has 3 rings (SSSR count). The van der Waals surface area contributed by atoms with E-state index in [1.165, 1.54) is 0 Å². The van der Waals surface area contributed by atoms with Crippen molar-refractivity contribution in [2.45, 2.75) is 0 Å². The molecule has 5 heteroatoms. The molecule has 3 aromatic rings. The van der Waals surface area contributed by atoms with E-state index in [2.05, 4.69) is 28.4 Å². The van der Waals surface area contributed by atoms with E-state index in [4.69, 9.17) is 17.3 Å². The third kappa shape index (κ3) is 3.17. The predicted molar refractivity (Wildman–Crippen MR) is 97.0 cm³/mol. The van der Waals surface area contributed by atoms with Gasteiger partial charge in [-0.1, -0.05) is 43.0 Å². The van der Waals surface area contributed by atoms with Gasteiger partial charge in [0.05, 0.1) is 22.1 Å². The van der Waals surface area contributed by atoms with Crippen LogP contribution in [0.5, 0.6) is 0 Å². The smallest absolute Gasteiger partial charge is 0.131 e. The van der Waals surface area contributed by atoms with E-state index in [1.54, 1.807) is 12.3 Å². The lowest BCUT2D eigenvalue weighted by atomic mass is 10.1. The van der Waals surface area contributed by atoms with Gasteiger partial charge in [0, 0.05) is 17.1 Å². The molecule has 2 heterocycles. The topological polar surface area (TPSA) is 63.8 Å². The van der Waals surface area contributed by atoms with Crippen molar-refractivity contribution in [1.82, 2.24) is 9.97 Å². The fourth-order valence-electron chi connectivity index (χ4n) is 2.26. The first-order valence-corrected chi connectivity index (χ1v) is 7.35. The Morgan fingerprint density at radius 2 is 2.04 bits per heavy atom. The summed E-state index contributed by atoms with van der Waals surface area (Å²) in [7, 11) is 0. The molecule has 0 saturated carbocycles. The molecule has 0 aliphatic heterocycles. The van der Waals surface area contributed by atoms with Crippen LogP contribution < -0.4 is 11.1 Å². The number of aromatic nitrogens is 2. The number of nitrogens with two attached hydrogens (primary N) is 1. The molecule has 0 aliphatic carbocycles. The zero-order valence-electron chi connectivity index (χ0n) is 12.4. The molecule has 3 N–H and O–H groups in total. The normalized spacial score (nSPS) is 10.5. The minimum absolute atomic E-state index is 0.342. The van der Waals surface area contributed by atoms with Crippen molar-refractivity contribution in [2.75, 3.05) is 5.32 Å². The van der Waals surface area contributed by atoms with Crippen molar-refractivity contribution in [3.05, 3.63) is 72.2 Å². The highest BCUT2D eigenvalue weighted by Gasteiger charge is 2.07. The second kappa shape index (κ2) is 6.10. The van der Waals surface area contributed by atoms with Gasteiger partial charge in [-0.15, -0.1) is 0 Å². The Kier molecular flexibility index (Phi) is 4.00. The molecule has 2 aromatic heterocycles. The summed E-state index contributed by atoms with van der Waals surface area (Å²) in [6.45, 7) is 7.36. The lowest BCUT2D eigenvalue weighted by Gasteiger charge is -2.08. The quantitative estimate of drug-likeness (QED) is 0.745. The number of rotatable bonds is 4. The number of fused-ring (bicyclic) bond motifs is 1. The maximum atomic E-state index is 6.38. The maximum Gasteiger partial charge on any atom is 0.131 e. The summed E-state index contributed by atoms with van der Waals surface area (Å²) in [5.74, 6) is 0.969. The van der Waals surface area contributed by atoms with E-state index in [0.29, 0.717) is 16.7 Å². The molecule has 0 aliphatic rings. The third-order valence-corrected chi connectivity index (χ3v) is 3.68. The van der Waals surface area contributed by atoms with Gasteiger partial charge in [0.2, 0.25) is 0 Å². The van der Waals surface area contributed by atoms with Crippen LogP contribution in [0.1, 0.15) is 5.56 Å². The van der Waals surface area contributed by atoms with E-state index >= 15 is 0 Å². The van der Waals surface area contributed by atoms with Crippen molar-refractivity contribution >= 4 is 34.4 Å². The van der Waals surface area contributed by atoms with Crippen molar-refractivity contribution in [3.8, 4) is 11.3 Å². The number of nitrogens with zero attached hydrogens (tertiary/aromatic N) is 2. The molecule has 0 fully saturated rings. The summed E-state index contributed by atoms with van der Waals surface area (Å²) in [5, 5.41) is 4.41. The molecule has 1 aromatic carbocycles. The van der Waals surface area contributed by atoms with Crippen molar-refractivity contribution in [1.29, 1.82) is 0 Å². The van der Waals surface area contributed by atoms with Gasteiger partial charge in [-0.3, -0.25) is 0 Å². The van der Waals surface area contributed by atoms with Gasteiger partial charge < -0.3 is 11.1 Å². The SMILES string of the molecule is C=Cc1ccc2c(Cl)cc(-c3ccc(NC(=C)N)nc3)nc2c1. The largest absolute Gasteiger partial charge is 0.386 e. The number of benzene rings is 1. The maximum absolute atomic E-state index is 6.38. The minimum atomic E-state index is 0.342.